The molecule has 0 aliphatic carbocycles. The zero-order chi connectivity index (χ0) is 13.2. The van der Waals surface area contributed by atoms with E-state index in [0.717, 1.165) is 19.7 Å². The van der Waals surface area contributed by atoms with Crippen LogP contribution in [-0.4, -0.2) is 48.4 Å². The summed E-state index contributed by atoms with van der Waals surface area (Å²) >= 11 is 7.92. The fraction of sp³-hybridized carbons (Fsp3) is 0.600. The molecule has 19 heavy (non-hydrogen) atoms. The van der Waals surface area contributed by atoms with Gasteiger partial charge in [-0.25, -0.2) is 0 Å². The third kappa shape index (κ3) is 2.94. The van der Waals surface area contributed by atoms with E-state index in [0.29, 0.717) is 17.8 Å². The standard InChI is InChI=1S/C15H20ClNOS/c1-11-9-18-13(6-16)8-17(11)7-12-10-19-15-5-3-2-4-14(12)15/h2-5,11-13H,6-10H2,1H3. The molecule has 104 valence electrons. The number of rotatable bonds is 3. The van der Waals surface area contributed by atoms with Gasteiger partial charge >= 0.3 is 0 Å². The van der Waals surface area contributed by atoms with Crippen molar-refractivity contribution in [3.05, 3.63) is 29.8 Å². The van der Waals surface area contributed by atoms with Crippen LogP contribution in [0.1, 0.15) is 18.4 Å². The van der Waals surface area contributed by atoms with Crippen molar-refractivity contribution in [2.75, 3.05) is 31.3 Å². The van der Waals surface area contributed by atoms with Crippen LogP contribution >= 0.6 is 23.4 Å². The smallest absolute Gasteiger partial charge is 0.0837 e. The Morgan fingerprint density at radius 3 is 3.11 bits per heavy atom. The molecule has 2 heterocycles. The highest BCUT2D eigenvalue weighted by Gasteiger charge is 2.30. The highest BCUT2D eigenvalue weighted by atomic mass is 35.5. The average Bonchev–Trinajstić information content (AvgIpc) is 2.85. The molecule has 0 spiro atoms. The predicted molar refractivity (Wildman–Crippen MR) is 81.4 cm³/mol. The molecule has 0 amide bonds. The minimum atomic E-state index is 0.196. The number of hydrogen-bond donors (Lipinski definition) is 0. The number of halogens is 1. The van der Waals surface area contributed by atoms with E-state index in [4.69, 9.17) is 16.3 Å². The molecule has 1 fully saturated rings. The van der Waals surface area contributed by atoms with Gasteiger partial charge in [0.05, 0.1) is 12.7 Å². The average molecular weight is 298 g/mol. The number of fused-ring (bicyclic) bond motifs is 1. The van der Waals surface area contributed by atoms with Crippen molar-refractivity contribution >= 4 is 23.4 Å². The van der Waals surface area contributed by atoms with Crippen LogP contribution in [0.4, 0.5) is 0 Å². The largest absolute Gasteiger partial charge is 0.374 e. The molecule has 2 aliphatic heterocycles. The van der Waals surface area contributed by atoms with Gasteiger partial charge in [-0.15, -0.1) is 23.4 Å². The van der Waals surface area contributed by atoms with Crippen molar-refractivity contribution in [1.82, 2.24) is 4.90 Å². The summed E-state index contributed by atoms with van der Waals surface area (Å²) in [6.07, 6.45) is 0.196. The van der Waals surface area contributed by atoms with E-state index in [1.165, 1.54) is 16.2 Å². The molecule has 3 atom stereocenters. The lowest BCUT2D eigenvalue weighted by Crippen LogP contribution is -2.50. The van der Waals surface area contributed by atoms with Crippen molar-refractivity contribution in [2.45, 2.75) is 29.9 Å². The maximum atomic E-state index is 5.94. The van der Waals surface area contributed by atoms with Gasteiger partial charge < -0.3 is 4.74 Å². The van der Waals surface area contributed by atoms with Gasteiger partial charge in [0.1, 0.15) is 0 Å². The molecule has 0 bridgehead atoms. The van der Waals surface area contributed by atoms with Crippen LogP contribution in [0.2, 0.25) is 0 Å². The molecule has 1 saturated heterocycles. The van der Waals surface area contributed by atoms with Crippen LogP contribution in [0, 0.1) is 0 Å². The number of thioether (sulfide) groups is 1. The minimum absolute atomic E-state index is 0.196. The van der Waals surface area contributed by atoms with Crippen LogP contribution in [0.25, 0.3) is 0 Å². The number of benzene rings is 1. The molecule has 0 N–H and O–H groups in total. The van der Waals surface area contributed by atoms with Crippen molar-refractivity contribution in [3.63, 3.8) is 0 Å². The first kappa shape index (κ1) is 13.7. The van der Waals surface area contributed by atoms with Crippen molar-refractivity contribution in [1.29, 1.82) is 0 Å². The number of ether oxygens (including phenoxy) is 1. The Kier molecular flexibility index (Phi) is 4.37. The third-order valence-corrected chi connectivity index (χ3v) is 5.66. The van der Waals surface area contributed by atoms with Gasteiger partial charge in [0.25, 0.3) is 0 Å². The summed E-state index contributed by atoms with van der Waals surface area (Å²) in [5, 5.41) is 0. The zero-order valence-electron chi connectivity index (χ0n) is 11.2. The summed E-state index contributed by atoms with van der Waals surface area (Å²) in [5.41, 5.74) is 1.52. The van der Waals surface area contributed by atoms with Crippen LogP contribution in [0.15, 0.2) is 29.2 Å². The molecule has 1 aromatic carbocycles. The Balaban J connectivity index is 1.68. The van der Waals surface area contributed by atoms with Crippen molar-refractivity contribution < 1.29 is 4.74 Å². The lowest BCUT2D eigenvalue weighted by molar-refractivity contribution is -0.0489. The molecule has 3 unspecified atom stereocenters. The lowest BCUT2D eigenvalue weighted by Gasteiger charge is -2.38. The van der Waals surface area contributed by atoms with E-state index in [2.05, 4.69) is 36.1 Å². The molecule has 2 aliphatic rings. The topological polar surface area (TPSA) is 12.5 Å². The number of alkyl halides is 1. The van der Waals surface area contributed by atoms with E-state index in [1.54, 1.807) is 0 Å². The van der Waals surface area contributed by atoms with Gasteiger partial charge in [-0.05, 0) is 18.6 Å². The van der Waals surface area contributed by atoms with Gasteiger partial charge in [-0.1, -0.05) is 18.2 Å². The van der Waals surface area contributed by atoms with Gasteiger partial charge in [0.15, 0.2) is 0 Å². The molecule has 4 heteroatoms. The summed E-state index contributed by atoms with van der Waals surface area (Å²) in [6.45, 7) is 5.15. The van der Waals surface area contributed by atoms with Crippen molar-refractivity contribution in [2.24, 2.45) is 0 Å². The second-order valence-electron chi connectivity index (χ2n) is 5.46. The van der Waals surface area contributed by atoms with E-state index in [1.807, 2.05) is 11.8 Å². The second-order valence-corrected chi connectivity index (χ2v) is 6.83. The maximum Gasteiger partial charge on any atom is 0.0837 e. The molecule has 0 aromatic heterocycles. The Labute approximate surface area is 124 Å². The summed E-state index contributed by atoms with van der Waals surface area (Å²) < 4.78 is 5.72. The molecule has 3 rings (SSSR count). The number of nitrogens with zero attached hydrogens (tertiary/aromatic N) is 1. The molecular formula is C15H20ClNOS. The highest BCUT2D eigenvalue weighted by molar-refractivity contribution is 7.99. The monoisotopic (exact) mass is 297 g/mol. The minimum Gasteiger partial charge on any atom is -0.374 e. The van der Waals surface area contributed by atoms with E-state index in [9.17, 15) is 0 Å². The Morgan fingerprint density at radius 1 is 1.42 bits per heavy atom. The van der Waals surface area contributed by atoms with E-state index in [-0.39, 0.29) is 6.10 Å². The van der Waals surface area contributed by atoms with Crippen molar-refractivity contribution in [3.8, 4) is 0 Å². The van der Waals surface area contributed by atoms with Gasteiger partial charge in [0, 0.05) is 41.6 Å². The van der Waals surface area contributed by atoms with Gasteiger partial charge in [0.2, 0.25) is 0 Å². The quantitative estimate of drug-likeness (QED) is 0.795. The first-order chi connectivity index (χ1) is 9.28. The van der Waals surface area contributed by atoms with Gasteiger partial charge in [-0.2, -0.15) is 0 Å². The first-order valence-electron chi connectivity index (χ1n) is 6.91. The SMILES string of the molecule is CC1COC(CCl)CN1CC1CSc2ccccc21. The molecule has 1 aromatic rings. The van der Waals surface area contributed by atoms with Crippen LogP contribution in [0.3, 0.4) is 0 Å². The Hall–Kier alpha value is -0.220. The van der Waals surface area contributed by atoms with E-state index < -0.39 is 0 Å². The highest BCUT2D eigenvalue weighted by Crippen LogP contribution is 2.40. The second kappa shape index (κ2) is 6.04. The summed E-state index contributed by atoms with van der Waals surface area (Å²) in [4.78, 5) is 4.01. The zero-order valence-corrected chi connectivity index (χ0v) is 12.8. The van der Waals surface area contributed by atoms with E-state index >= 15 is 0 Å². The summed E-state index contributed by atoms with van der Waals surface area (Å²) in [6, 6.07) is 9.31. The van der Waals surface area contributed by atoms with Crippen LogP contribution in [-0.2, 0) is 4.74 Å². The number of hydrogen-bond acceptors (Lipinski definition) is 3. The fourth-order valence-corrected chi connectivity index (χ4v) is 4.31. The molecule has 2 nitrogen and oxygen atoms in total. The normalized spacial score (nSPS) is 31.4. The summed E-state index contributed by atoms with van der Waals surface area (Å²) in [7, 11) is 0. The maximum absolute atomic E-state index is 5.94. The number of morpholine rings is 1. The van der Waals surface area contributed by atoms with Gasteiger partial charge in [-0.3, -0.25) is 4.90 Å². The van der Waals surface area contributed by atoms with Crippen LogP contribution < -0.4 is 0 Å². The van der Waals surface area contributed by atoms with Crippen LogP contribution in [0.5, 0.6) is 0 Å². The first-order valence-corrected chi connectivity index (χ1v) is 8.43. The predicted octanol–water partition coefficient (Wildman–Crippen LogP) is 3.20. The third-order valence-electron chi connectivity index (χ3n) is 4.06. The lowest BCUT2D eigenvalue weighted by atomic mass is 9.99. The summed E-state index contributed by atoms with van der Waals surface area (Å²) in [5.74, 6) is 2.45. The molecular weight excluding hydrogens is 278 g/mol. The molecule has 0 radical (unpaired) electrons. The molecule has 0 saturated carbocycles. The fourth-order valence-electron chi connectivity index (χ4n) is 2.89. The Morgan fingerprint density at radius 2 is 2.26 bits per heavy atom. The Bertz CT molecular complexity index is 442.